The molecule has 3 aromatic carbocycles. The zero-order valence-corrected chi connectivity index (χ0v) is 23.4. The molecule has 0 saturated carbocycles. The van der Waals surface area contributed by atoms with Crippen LogP contribution in [0.1, 0.15) is 0 Å². The number of aromatic nitrogens is 3. The van der Waals surface area contributed by atoms with Crippen LogP contribution in [-0.2, 0) is 9.59 Å². The highest BCUT2D eigenvalue weighted by Gasteiger charge is 2.20. The van der Waals surface area contributed by atoms with E-state index in [0.717, 1.165) is 41.6 Å². The summed E-state index contributed by atoms with van der Waals surface area (Å²) in [4.78, 5) is 33.5. The number of ether oxygens (including phenoxy) is 2. The van der Waals surface area contributed by atoms with E-state index in [2.05, 4.69) is 15.5 Å². The lowest BCUT2D eigenvalue weighted by atomic mass is 10.2. The van der Waals surface area contributed by atoms with E-state index >= 15 is 0 Å². The van der Waals surface area contributed by atoms with E-state index in [1.807, 2.05) is 41.0 Å². The minimum Gasteiger partial charge on any atom is -0.493 e. The molecule has 0 atom stereocenters. The molecule has 0 radical (unpaired) electrons. The lowest BCUT2D eigenvalue weighted by Gasteiger charge is -2.12. The monoisotopic (exact) mass is 582 g/mol. The number of carbonyl (C=O) groups excluding carboxylic acids is 2. The summed E-state index contributed by atoms with van der Waals surface area (Å²) < 4.78 is 26.1. The van der Waals surface area contributed by atoms with Crippen LogP contribution in [-0.4, -0.2) is 71.0 Å². The molecule has 1 aromatic heterocycles. The molecule has 0 bridgehead atoms. The predicted molar refractivity (Wildman–Crippen MR) is 152 cm³/mol. The quantitative estimate of drug-likeness (QED) is 0.124. The van der Waals surface area contributed by atoms with E-state index < -0.39 is 22.3 Å². The number of hydrogen-bond donors (Lipinski definition) is 1. The van der Waals surface area contributed by atoms with Gasteiger partial charge in [-0.3, -0.25) is 24.3 Å². The first-order valence-electron chi connectivity index (χ1n) is 11.9. The molecule has 0 aliphatic heterocycles. The van der Waals surface area contributed by atoms with Gasteiger partial charge < -0.3 is 19.7 Å². The number of nitrogens with one attached hydrogen (secondary N) is 1. The molecule has 12 nitrogen and oxygen atoms in total. The van der Waals surface area contributed by atoms with E-state index in [-0.39, 0.29) is 11.4 Å². The topological polar surface area (TPSA) is 142 Å². The first kappa shape index (κ1) is 30.6. The van der Waals surface area contributed by atoms with Crippen molar-refractivity contribution in [1.82, 2.24) is 19.7 Å². The van der Waals surface area contributed by atoms with Crippen molar-refractivity contribution in [2.45, 2.75) is 5.16 Å². The fourth-order valence-electron chi connectivity index (χ4n) is 3.39. The Hall–Kier alpha value is -4.98. The number of hydrogen-bond acceptors (Lipinski definition) is 9. The van der Waals surface area contributed by atoms with Crippen molar-refractivity contribution in [3.8, 4) is 28.6 Å². The van der Waals surface area contributed by atoms with Gasteiger partial charge in [-0.15, -0.1) is 10.2 Å². The molecule has 14 heteroatoms. The second-order valence-corrected chi connectivity index (χ2v) is 9.32. The third-order valence-electron chi connectivity index (χ3n) is 5.26. The van der Waals surface area contributed by atoms with Crippen LogP contribution in [0.5, 0.6) is 11.5 Å². The standard InChI is InChI=1S/C24H20FN5O5S.C3H7NO/c1-34-20-11-8-15(12-21(20)35-2)23-27-28-24(29(23)17-6-4-3-5-7-17)36-14-22(31)26-16-9-10-18(25)19(13-16)30(32)33;1-4(2)3-5/h3-13H,14H2,1-2H3,(H,26,31);3H,1-2H3. The first-order valence-corrected chi connectivity index (χ1v) is 12.9. The number of rotatable bonds is 10. The lowest BCUT2D eigenvalue weighted by molar-refractivity contribution is -0.387. The van der Waals surface area contributed by atoms with E-state index in [4.69, 9.17) is 9.47 Å². The number of benzene rings is 3. The van der Waals surface area contributed by atoms with Crippen molar-refractivity contribution in [3.05, 3.63) is 82.7 Å². The van der Waals surface area contributed by atoms with Gasteiger partial charge in [-0.1, -0.05) is 30.0 Å². The van der Waals surface area contributed by atoms with Gasteiger partial charge in [0.15, 0.2) is 22.5 Å². The zero-order chi connectivity index (χ0) is 29.9. The second-order valence-electron chi connectivity index (χ2n) is 8.38. The molecular formula is C27H27FN6O6S. The van der Waals surface area contributed by atoms with Crippen LogP contribution in [0.4, 0.5) is 15.8 Å². The number of nitro groups is 1. The molecule has 0 fully saturated rings. The van der Waals surface area contributed by atoms with Gasteiger partial charge in [0.2, 0.25) is 18.1 Å². The second kappa shape index (κ2) is 14.4. The van der Waals surface area contributed by atoms with Crippen LogP contribution in [0.25, 0.3) is 17.1 Å². The van der Waals surface area contributed by atoms with Crippen molar-refractivity contribution < 1.29 is 28.4 Å². The Balaban J connectivity index is 0.000000850. The Morgan fingerprint density at radius 3 is 2.37 bits per heavy atom. The molecule has 0 spiro atoms. The van der Waals surface area contributed by atoms with Gasteiger partial charge in [0.05, 0.1) is 24.9 Å². The summed E-state index contributed by atoms with van der Waals surface area (Å²) in [6.45, 7) is 0. The Kier molecular flexibility index (Phi) is 10.7. The zero-order valence-electron chi connectivity index (χ0n) is 22.6. The summed E-state index contributed by atoms with van der Waals surface area (Å²) in [5.41, 5.74) is 0.899. The van der Waals surface area contributed by atoms with E-state index in [0.29, 0.717) is 22.5 Å². The number of nitro benzene ring substituents is 1. The summed E-state index contributed by atoms with van der Waals surface area (Å²) in [7, 11) is 6.47. The van der Waals surface area contributed by atoms with Crippen molar-refractivity contribution in [1.29, 1.82) is 0 Å². The van der Waals surface area contributed by atoms with Gasteiger partial charge in [-0.2, -0.15) is 4.39 Å². The van der Waals surface area contributed by atoms with E-state index in [9.17, 15) is 24.1 Å². The average molecular weight is 583 g/mol. The van der Waals surface area contributed by atoms with Gasteiger partial charge in [-0.05, 0) is 42.5 Å². The fraction of sp³-hybridized carbons (Fsp3) is 0.185. The molecule has 41 heavy (non-hydrogen) atoms. The van der Waals surface area contributed by atoms with Gasteiger partial charge in [0, 0.05) is 37.1 Å². The maximum atomic E-state index is 13.6. The summed E-state index contributed by atoms with van der Waals surface area (Å²) in [6, 6.07) is 17.9. The number of anilines is 1. The number of para-hydroxylation sites is 1. The highest BCUT2D eigenvalue weighted by Crippen LogP contribution is 2.34. The van der Waals surface area contributed by atoms with Gasteiger partial charge >= 0.3 is 5.69 Å². The Labute approximate surface area is 239 Å². The van der Waals surface area contributed by atoms with Crippen LogP contribution < -0.4 is 14.8 Å². The third-order valence-corrected chi connectivity index (χ3v) is 6.19. The number of nitrogens with zero attached hydrogens (tertiary/aromatic N) is 5. The molecule has 2 amide bonds. The fourth-order valence-corrected chi connectivity index (χ4v) is 4.14. The molecule has 4 rings (SSSR count). The van der Waals surface area contributed by atoms with Crippen LogP contribution in [0.3, 0.4) is 0 Å². The highest BCUT2D eigenvalue weighted by molar-refractivity contribution is 7.99. The molecular weight excluding hydrogens is 555 g/mol. The van der Waals surface area contributed by atoms with Crippen LogP contribution in [0.2, 0.25) is 0 Å². The van der Waals surface area contributed by atoms with Crippen molar-refractivity contribution >= 4 is 35.5 Å². The number of halogens is 1. The van der Waals surface area contributed by atoms with Gasteiger partial charge in [0.1, 0.15) is 0 Å². The number of thioether (sulfide) groups is 1. The Bertz CT molecular complexity index is 1520. The molecule has 0 aliphatic rings. The number of amides is 2. The summed E-state index contributed by atoms with van der Waals surface area (Å²) in [6.07, 6.45) is 0.750. The summed E-state index contributed by atoms with van der Waals surface area (Å²) >= 11 is 1.13. The number of methoxy groups -OCH3 is 2. The molecule has 214 valence electrons. The molecule has 1 N–H and O–H groups in total. The van der Waals surface area contributed by atoms with Crippen LogP contribution in [0.15, 0.2) is 71.9 Å². The molecule has 0 saturated heterocycles. The smallest absolute Gasteiger partial charge is 0.306 e. The normalized spacial score (nSPS) is 10.2. The number of carbonyl (C=O) groups is 2. The minimum absolute atomic E-state index is 0.0674. The van der Waals surface area contributed by atoms with Crippen LogP contribution in [0, 0.1) is 15.9 Å². The van der Waals surface area contributed by atoms with Gasteiger partial charge in [-0.25, -0.2) is 0 Å². The van der Waals surface area contributed by atoms with E-state index in [1.165, 1.54) is 11.0 Å². The SMILES string of the molecule is CN(C)C=O.COc1ccc(-c2nnc(SCC(=O)Nc3ccc(F)c([N+](=O)[O-])c3)n2-c2ccccc2)cc1OC. The van der Waals surface area contributed by atoms with Crippen molar-refractivity contribution in [3.63, 3.8) is 0 Å². The predicted octanol–water partition coefficient (Wildman–Crippen LogP) is 4.43. The largest absolute Gasteiger partial charge is 0.493 e. The van der Waals surface area contributed by atoms with Crippen molar-refractivity contribution in [2.24, 2.45) is 0 Å². The third kappa shape index (κ3) is 8.02. The van der Waals surface area contributed by atoms with Crippen LogP contribution >= 0.6 is 11.8 Å². The maximum absolute atomic E-state index is 13.6. The molecule has 1 heterocycles. The Morgan fingerprint density at radius 1 is 1.07 bits per heavy atom. The minimum atomic E-state index is -0.981. The molecule has 0 aliphatic carbocycles. The first-order chi connectivity index (χ1) is 19.7. The Morgan fingerprint density at radius 2 is 1.76 bits per heavy atom. The van der Waals surface area contributed by atoms with Crippen molar-refractivity contribution in [2.75, 3.05) is 39.4 Å². The summed E-state index contributed by atoms with van der Waals surface area (Å²) in [5.74, 6) is 0.127. The van der Waals surface area contributed by atoms with Gasteiger partial charge in [0.25, 0.3) is 0 Å². The lowest BCUT2D eigenvalue weighted by Crippen LogP contribution is -2.15. The maximum Gasteiger partial charge on any atom is 0.306 e. The van der Waals surface area contributed by atoms with E-state index in [1.54, 1.807) is 40.4 Å². The highest BCUT2D eigenvalue weighted by atomic mass is 32.2. The summed E-state index contributed by atoms with van der Waals surface area (Å²) in [5, 5.41) is 22.6. The molecule has 0 unspecified atom stereocenters. The molecule has 4 aromatic rings. The average Bonchev–Trinajstić information content (AvgIpc) is 3.41.